The predicted octanol–water partition coefficient (Wildman–Crippen LogP) is 4.78. The topological polar surface area (TPSA) is 69.6 Å². The van der Waals surface area contributed by atoms with Gasteiger partial charge in [-0.05, 0) is 29.0 Å². The highest BCUT2D eigenvalue weighted by molar-refractivity contribution is 6.35. The van der Waals surface area contributed by atoms with Crippen molar-refractivity contribution in [2.24, 2.45) is 0 Å². The third-order valence-corrected chi connectivity index (χ3v) is 6.32. The molecule has 1 aromatic heterocycles. The number of carbonyl (C=O) groups is 1. The summed E-state index contributed by atoms with van der Waals surface area (Å²) in [5, 5.41) is 12.8. The Morgan fingerprint density at radius 3 is 2.58 bits per heavy atom. The van der Waals surface area contributed by atoms with Crippen molar-refractivity contribution >= 4 is 45.0 Å². The van der Waals surface area contributed by atoms with Gasteiger partial charge in [-0.25, -0.2) is 14.4 Å². The van der Waals surface area contributed by atoms with E-state index < -0.39 is 5.82 Å². The Morgan fingerprint density at radius 1 is 1.06 bits per heavy atom. The van der Waals surface area contributed by atoms with Crippen LogP contribution in [0.15, 0.2) is 61.4 Å². The zero-order valence-electron chi connectivity index (χ0n) is 17.6. The number of hydrogen-bond donors (Lipinski definition) is 1. The molecule has 0 unspecified atom stereocenters. The first-order valence-electron chi connectivity index (χ1n) is 10.5. The van der Waals surface area contributed by atoms with Crippen LogP contribution in [-0.4, -0.2) is 52.1 Å². The van der Waals surface area contributed by atoms with Crippen molar-refractivity contribution in [1.82, 2.24) is 14.9 Å². The van der Waals surface area contributed by atoms with E-state index in [9.17, 15) is 9.90 Å². The molecule has 0 bridgehead atoms. The number of rotatable bonds is 3. The van der Waals surface area contributed by atoms with Crippen LogP contribution in [0.2, 0.25) is 5.02 Å². The molecular formula is C25H20ClFN4O2. The van der Waals surface area contributed by atoms with Crippen molar-refractivity contribution < 1.29 is 14.3 Å². The van der Waals surface area contributed by atoms with Gasteiger partial charge in [0.25, 0.3) is 0 Å². The summed E-state index contributed by atoms with van der Waals surface area (Å²) in [6.07, 6.45) is 2.62. The molecule has 0 saturated carbocycles. The second-order valence-corrected chi connectivity index (χ2v) is 8.25. The molecule has 5 rings (SSSR count). The molecular weight excluding hydrogens is 443 g/mol. The first-order valence-corrected chi connectivity index (χ1v) is 10.9. The maximum Gasteiger partial charge on any atom is 0.246 e. The molecule has 2 heterocycles. The highest BCUT2D eigenvalue weighted by atomic mass is 35.5. The Labute approximate surface area is 194 Å². The summed E-state index contributed by atoms with van der Waals surface area (Å²) >= 11 is 6.62. The highest BCUT2D eigenvalue weighted by Gasteiger charge is 2.25. The zero-order chi connectivity index (χ0) is 23.1. The summed E-state index contributed by atoms with van der Waals surface area (Å²) in [7, 11) is 0. The number of fused-ring (bicyclic) bond motifs is 2. The van der Waals surface area contributed by atoms with Gasteiger partial charge in [-0.3, -0.25) is 4.79 Å². The maximum absolute atomic E-state index is 15.9. The Balaban J connectivity index is 1.63. The lowest BCUT2D eigenvalue weighted by Gasteiger charge is -2.35. The second kappa shape index (κ2) is 8.33. The molecule has 1 N–H and O–H groups in total. The number of hydrogen-bond acceptors (Lipinski definition) is 5. The molecule has 6 nitrogen and oxygen atoms in total. The lowest BCUT2D eigenvalue weighted by molar-refractivity contribution is -0.126. The molecule has 0 aliphatic carbocycles. The first kappa shape index (κ1) is 21.2. The van der Waals surface area contributed by atoms with E-state index in [4.69, 9.17) is 11.6 Å². The molecule has 1 amide bonds. The van der Waals surface area contributed by atoms with Gasteiger partial charge >= 0.3 is 0 Å². The SMILES string of the molecule is C=CC(=O)N1CCN(c2ncnc3c(F)c(-c4c(O)ccc5ccccc45)c(Cl)cc23)CC1. The molecule has 33 heavy (non-hydrogen) atoms. The summed E-state index contributed by atoms with van der Waals surface area (Å²) in [6.45, 7) is 5.63. The van der Waals surface area contributed by atoms with Crippen LogP contribution >= 0.6 is 11.6 Å². The predicted molar refractivity (Wildman–Crippen MR) is 128 cm³/mol. The third kappa shape index (κ3) is 3.54. The number of halogens is 2. The minimum Gasteiger partial charge on any atom is -0.507 e. The lowest BCUT2D eigenvalue weighted by atomic mass is 9.95. The number of amides is 1. The van der Waals surface area contributed by atoms with Crippen LogP contribution in [0.3, 0.4) is 0 Å². The molecule has 3 aromatic carbocycles. The van der Waals surface area contributed by atoms with Crippen LogP contribution in [0.5, 0.6) is 5.75 Å². The van der Waals surface area contributed by atoms with Gasteiger partial charge in [0, 0.05) is 42.7 Å². The van der Waals surface area contributed by atoms with Gasteiger partial charge < -0.3 is 14.9 Å². The number of benzene rings is 3. The van der Waals surface area contributed by atoms with Crippen molar-refractivity contribution in [3.05, 3.63) is 72.3 Å². The van der Waals surface area contributed by atoms with Crippen LogP contribution in [0, 0.1) is 5.82 Å². The average Bonchev–Trinajstić information content (AvgIpc) is 2.84. The Hall–Kier alpha value is -3.71. The molecule has 1 saturated heterocycles. The van der Waals surface area contributed by atoms with Crippen molar-refractivity contribution in [3.63, 3.8) is 0 Å². The van der Waals surface area contributed by atoms with Crippen LogP contribution in [0.1, 0.15) is 0 Å². The summed E-state index contributed by atoms with van der Waals surface area (Å²) < 4.78 is 15.9. The van der Waals surface area contributed by atoms with Crippen LogP contribution in [0.4, 0.5) is 10.2 Å². The minimum atomic E-state index is -0.617. The van der Waals surface area contributed by atoms with E-state index in [1.54, 1.807) is 17.0 Å². The fraction of sp³-hybridized carbons (Fsp3) is 0.160. The van der Waals surface area contributed by atoms with E-state index in [2.05, 4.69) is 16.5 Å². The van der Waals surface area contributed by atoms with Gasteiger partial charge in [-0.2, -0.15) is 0 Å². The number of aromatic nitrogens is 2. The molecule has 1 aliphatic heterocycles. The van der Waals surface area contributed by atoms with E-state index in [-0.39, 0.29) is 27.8 Å². The highest BCUT2D eigenvalue weighted by Crippen LogP contribution is 2.44. The van der Waals surface area contributed by atoms with Gasteiger partial charge in [0.1, 0.15) is 23.4 Å². The third-order valence-electron chi connectivity index (χ3n) is 6.02. The van der Waals surface area contributed by atoms with Gasteiger partial charge in [-0.15, -0.1) is 0 Å². The monoisotopic (exact) mass is 462 g/mol. The van der Waals surface area contributed by atoms with Crippen molar-refractivity contribution in [2.75, 3.05) is 31.1 Å². The standard InChI is InChI=1S/C25H20ClFN4O2/c1-2-20(33)30-9-11-31(12-10-30)25-17-13-18(26)22(23(27)24(17)28-14-29-25)21-16-6-4-3-5-15(16)7-8-19(21)32/h2-8,13-14,32H,1,9-12H2. The van der Waals surface area contributed by atoms with Crippen molar-refractivity contribution in [2.45, 2.75) is 0 Å². The van der Waals surface area contributed by atoms with Gasteiger partial charge in [0.2, 0.25) is 5.91 Å². The Bertz CT molecular complexity index is 1420. The van der Waals surface area contributed by atoms with Crippen LogP contribution in [0.25, 0.3) is 32.8 Å². The molecule has 0 spiro atoms. The smallest absolute Gasteiger partial charge is 0.246 e. The largest absolute Gasteiger partial charge is 0.507 e. The van der Waals surface area contributed by atoms with Gasteiger partial charge in [-0.1, -0.05) is 48.5 Å². The molecule has 4 aromatic rings. The second-order valence-electron chi connectivity index (χ2n) is 7.84. The van der Waals surface area contributed by atoms with Crippen LogP contribution < -0.4 is 4.90 Å². The van der Waals surface area contributed by atoms with Gasteiger partial charge in [0.15, 0.2) is 5.82 Å². The number of phenolic OH excluding ortho intramolecular Hbond substituents is 1. The van der Waals surface area contributed by atoms with E-state index in [0.29, 0.717) is 48.3 Å². The summed E-state index contributed by atoms with van der Waals surface area (Å²) in [4.78, 5) is 24.2. The van der Waals surface area contributed by atoms with Crippen molar-refractivity contribution in [1.29, 1.82) is 0 Å². The van der Waals surface area contributed by atoms with E-state index in [1.807, 2.05) is 29.2 Å². The number of aromatic hydroxyl groups is 1. The maximum atomic E-state index is 15.9. The molecule has 0 radical (unpaired) electrons. The molecule has 1 fully saturated rings. The first-order chi connectivity index (χ1) is 16.0. The Morgan fingerprint density at radius 2 is 1.82 bits per heavy atom. The van der Waals surface area contributed by atoms with Crippen molar-refractivity contribution in [3.8, 4) is 16.9 Å². The minimum absolute atomic E-state index is 0.0638. The summed E-state index contributed by atoms with van der Waals surface area (Å²) in [5.74, 6) is -0.240. The number of phenols is 1. The average molecular weight is 463 g/mol. The lowest BCUT2D eigenvalue weighted by Crippen LogP contribution is -2.48. The van der Waals surface area contributed by atoms with E-state index in [0.717, 1.165) is 5.39 Å². The molecule has 0 atom stereocenters. The molecule has 8 heteroatoms. The number of piperazine rings is 1. The fourth-order valence-electron chi connectivity index (χ4n) is 4.39. The summed E-state index contributed by atoms with van der Waals surface area (Å²) in [6, 6.07) is 12.4. The van der Waals surface area contributed by atoms with Crippen LogP contribution in [-0.2, 0) is 4.79 Å². The molecule has 1 aliphatic rings. The fourth-order valence-corrected chi connectivity index (χ4v) is 4.67. The van der Waals surface area contributed by atoms with E-state index in [1.165, 1.54) is 18.5 Å². The Kier molecular flexibility index (Phi) is 5.34. The number of nitrogens with zero attached hydrogens (tertiary/aromatic N) is 4. The van der Waals surface area contributed by atoms with E-state index >= 15 is 4.39 Å². The molecule has 166 valence electrons. The van der Waals surface area contributed by atoms with Gasteiger partial charge in [0.05, 0.1) is 5.02 Å². The normalized spacial score (nSPS) is 14.1. The summed E-state index contributed by atoms with van der Waals surface area (Å²) in [5.41, 5.74) is 0.551. The number of anilines is 1. The quantitative estimate of drug-likeness (QED) is 0.444. The number of carbonyl (C=O) groups excluding carboxylic acids is 1. The zero-order valence-corrected chi connectivity index (χ0v) is 18.4.